The van der Waals surface area contributed by atoms with Crippen molar-refractivity contribution in [1.82, 2.24) is 19.6 Å². The van der Waals surface area contributed by atoms with Gasteiger partial charge in [0.05, 0.1) is 21.9 Å². The van der Waals surface area contributed by atoms with Crippen LogP contribution in [0, 0.1) is 13.8 Å². The largest absolute Gasteiger partial charge is 0.322 e. The Morgan fingerprint density at radius 2 is 2.13 bits per heavy atom. The second-order valence-electron chi connectivity index (χ2n) is 5.32. The summed E-state index contributed by atoms with van der Waals surface area (Å²) in [6.07, 6.45) is 1.55. The van der Waals surface area contributed by atoms with Crippen molar-refractivity contribution in [3.05, 3.63) is 52.9 Å². The highest BCUT2D eigenvalue weighted by Gasteiger charge is 2.16. The molecule has 0 saturated carbocycles. The van der Waals surface area contributed by atoms with E-state index in [9.17, 15) is 4.79 Å². The predicted molar refractivity (Wildman–Crippen MR) is 90.0 cm³/mol. The average molecular weight is 323 g/mol. The lowest BCUT2D eigenvalue weighted by molar-refractivity contribution is 0.102. The highest BCUT2D eigenvalue weighted by Crippen LogP contribution is 2.22. The van der Waals surface area contributed by atoms with Crippen LogP contribution in [0.25, 0.3) is 15.9 Å². The number of nitrogens with zero attached hydrogens (tertiary/aromatic N) is 4. The fourth-order valence-electron chi connectivity index (χ4n) is 2.56. The number of hydrogen-bond acceptors (Lipinski definition) is 5. The van der Waals surface area contributed by atoms with Gasteiger partial charge in [0.2, 0.25) is 0 Å². The number of thiazole rings is 1. The van der Waals surface area contributed by atoms with Crippen LogP contribution in [0.5, 0.6) is 0 Å². The van der Waals surface area contributed by atoms with E-state index in [1.807, 2.05) is 38.1 Å². The van der Waals surface area contributed by atoms with Crippen LogP contribution in [0.3, 0.4) is 0 Å². The Morgan fingerprint density at radius 1 is 1.26 bits per heavy atom. The molecule has 4 aromatic rings. The Bertz CT molecular complexity index is 1050. The molecule has 1 aromatic carbocycles. The van der Waals surface area contributed by atoms with Gasteiger partial charge in [-0.3, -0.25) is 4.79 Å². The third kappa shape index (κ3) is 2.35. The molecule has 0 saturated heterocycles. The first-order chi connectivity index (χ1) is 11.1. The lowest BCUT2D eigenvalue weighted by atomic mass is 10.2. The van der Waals surface area contributed by atoms with Crippen LogP contribution in [-0.2, 0) is 0 Å². The highest BCUT2D eigenvalue weighted by molar-refractivity contribution is 7.16. The van der Waals surface area contributed by atoms with Crippen molar-refractivity contribution in [1.29, 1.82) is 0 Å². The van der Waals surface area contributed by atoms with Gasteiger partial charge in [-0.15, -0.1) is 11.3 Å². The zero-order valence-corrected chi connectivity index (χ0v) is 13.4. The first kappa shape index (κ1) is 13.8. The van der Waals surface area contributed by atoms with Gasteiger partial charge in [0.1, 0.15) is 5.56 Å². The Morgan fingerprint density at radius 3 is 3.00 bits per heavy atom. The Labute approximate surface area is 135 Å². The van der Waals surface area contributed by atoms with Crippen molar-refractivity contribution in [3.8, 4) is 0 Å². The third-order valence-electron chi connectivity index (χ3n) is 3.61. The maximum Gasteiger partial charge on any atom is 0.261 e. The van der Waals surface area contributed by atoms with Gasteiger partial charge in [-0.05, 0) is 38.1 Å². The van der Waals surface area contributed by atoms with Gasteiger partial charge in [0.25, 0.3) is 5.91 Å². The van der Waals surface area contributed by atoms with E-state index in [0.717, 1.165) is 27.3 Å². The number of nitrogens with one attached hydrogen (secondary N) is 1. The number of rotatable bonds is 2. The lowest BCUT2D eigenvalue weighted by Crippen LogP contribution is -2.12. The molecule has 0 bridgehead atoms. The summed E-state index contributed by atoms with van der Waals surface area (Å²) >= 11 is 1.54. The van der Waals surface area contributed by atoms with Gasteiger partial charge in [0.15, 0.2) is 5.65 Å². The van der Waals surface area contributed by atoms with Gasteiger partial charge < -0.3 is 5.32 Å². The number of carbonyl (C=O) groups excluding carboxylic acids is 1. The molecule has 23 heavy (non-hydrogen) atoms. The van der Waals surface area contributed by atoms with E-state index >= 15 is 0 Å². The molecule has 114 valence electrons. The summed E-state index contributed by atoms with van der Waals surface area (Å²) in [6, 6.07) is 7.58. The van der Waals surface area contributed by atoms with Gasteiger partial charge in [0, 0.05) is 17.1 Å². The Hall–Kier alpha value is -2.80. The number of hydrogen-bond donors (Lipinski definition) is 1. The zero-order valence-electron chi connectivity index (χ0n) is 12.6. The van der Waals surface area contributed by atoms with Crippen LogP contribution >= 0.6 is 11.3 Å². The summed E-state index contributed by atoms with van der Waals surface area (Å²) in [4.78, 5) is 21.2. The van der Waals surface area contributed by atoms with Gasteiger partial charge in [-0.1, -0.05) is 0 Å². The number of anilines is 1. The molecule has 0 unspecified atom stereocenters. The van der Waals surface area contributed by atoms with Crippen molar-refractivity contribution in [2.45, 2.75) is 13.8 Å². The third-order valence-corrected chi connectivity index (χ3v) is 4.40. The van der Waals surface area contributed by atoms with Crippen molar-refractivity contribution in [2.24, 2.45) is 0 Å². The van der Waals surface area contributed by atoms with Crippen molar-refractivity contribution in [3.63, 3.8) is 0 Å². The van der Waals surface area contributed by atoms with Gasteiger partial charge >= 0.3 is 0 Å². The van der Waals surface area contributed by atoms with Crippen LogP contribution in [0.4, 0.5) is 5.69 Å². The van der Waals surface area contributed by atoms with Crippen LogP contribution in [0.2, 0.25) is 0 Å². The SMILES string of the molecule is Cc1cc(C)n2ncc(C(=O)Nc3ccc4ncsc4c3)c2n1. The van der Waals surface area contributed by atoms with Crippen LogP contribution in [-0.4, -0.2) is 25.5 Å². The van der Waals surface area contributed by atoms with Gasteiger partial charge in [-0.2, -0.15) is 5.10 Å². The lowest BCUT2D eigenvalue weighted by Gasteiger charge is -2.05. The second kappa shape index (κ2) is 5.13. The number of fused-ring (bicyclic) bond motifs is 2. The first-order valence-corrected chi connectivity index (χ1v) is 7.96. The zero-order chi connectivity index (χ0) is 16.0. The minimum Gasteiger partial charge on any atom is -0.322 e. The summed E-state index contributed by atoms with van der Waals surface area (Å²) in [5.74, 6) is -0.221. The second-order valence-corrected chi connectivity index (χ2v) is 6.21. The van der Waals surface area contributed by atoms with Crippen LogP contribution < -0.4 is 5.32 Å². The van der Waals surface area contributed by atoms with E-state index in [2.05, 4.69) is 20.4 Å². The smallest absolute Gasteiger partial charge is 0.261 e. The summed E-state index contributed by atoms with van der Waals surface area (Å²) in [5, 5.41) is 7.15. The van der Waals surface area contributed by atoms with E-state index in [0.29, 0.717) is 11.2 Å². The molecule has 0 fully saturated rings. The van der Waals surface area contributed by atoms with E-state index in [-0.39, 0.29) is 5.91 Å². The fraction of sp³-hybridized carbons (Fsp3) is 0.125. The summed E-state index contributed by atoms with van der Waals surface area (Å²) in [7, 11) is 0. The summed E-state index contributed by atoms with van der Waals surface area (Å²) in [6.45, 7) is 3.84. The minimum atomic E-state index is -0.221. The molecule has 0 aliphatic rings. The molecule has 1 amide bonds. The molecule has 0 radical (unpaired) electrons. The highest BCUT2D eigenvalue weighted by atomic mass is 32.1. The molecular weight excluding hydrogens is 310 g/mol. The molecule has 0 aliphatic heterocycles. The Balaban J connectivity index is 1.71. The first-order valence-electron chi connectivity index (χ1n) is 7.08. The van der Waals surface area contributed by atoms with Gasteiger partial charge in [-0.25, -0.2) is 14.5 Å². The molecular formula is C16H13N5OS. The predicted octanol–water partition coefficient (Wildman–Crippen LogP) is 3.21. The number of aromatic nitrogens is 4. The molecule has 3 aromatic heterocycles. The monoisotopic (exact) mass is 323 g/mol. The molecule has 0 atom stereocenters. The normalized spacial score (nSPS) is 11.2. The molecule has 7 heteroatoms. The number of carbonyl (C=O) groups is 1. The number of aryl methyl sites for hydroxylation is 2. The van der Waals surface area contributed by atoms with Crippen molar-refractivity contribution in [2.75, 3.05) is 5.32 Å². The maximum atomic E-state index is 12.6. The van der Waals surface area contributed by atoms with E-state index in [4.69, 9.17) is 0 Å². The Kier molecular flexibility index (Phi) is 3.09. The number of amides is 1. The minimum absolute atomic E-state index is 0.221. The quantitative estimate of drug-likeness (QED) is 0.615. The number of benzene rings is 1. The van der Waals surface area contributed by atoms with Crippen LogP contribution in [0.15, 0.2) is 36.0 Å². The van der Waals surface area contributed by atoms with E-state index < -0.39 is 0 Å². The van der Waals surface area contributed by atoms with E-state index in [1.54, 1.807) is 27.6 Å². The molecule has 0 aliphatic carbocycles. The topological polar surface area (TPSA) is 72.2 Å². The fourth-order valence-corrected chi connectivity index (χ4v) is 3.28. The molecule has 6 nitrogen and oxygen atoms in total. The molecule has 4 rings (SSSR count). The van der Waals surface area contributed by atoms with Crippen molar-refractivity contribution < 1.29 is 4.79 Å². The van der Waals surface area contributed by atoms with Crippen LogP contribution in [0.1, 0.15) is 21.7 Å². The molecule has 0 spiro atoms. The molecule has 1 N–H and O–H groups in total. The summed E-state index contributed by atoms with van der Waals surface area (Å²) < 4.78 is 2.71. The standard InChI is InChI=1S/C16H13N5OS/c1-9-5-10(2)21-15(19-9)12(7-18-21)16(22)20-11-3-4-13-14(6-11)23-8-17-13/h3-8H,1-2H3,(H,20,22). The maximum absolute atomic E-state index is 12.6. The average Bonchev–Trinajstić information content (AvgIpc) is 3.12. The molecule has 3 heterocycles. The summed E-state index contributed by atoms with van der Waals surface area (Å²) in [5.41, 5.74) is 6.28. The van der Waals surface area contributed by atoms with E-state index in [1.165, 1.54) is 0 Å². The van der Waals surface area contributed by atoms with Crippen molar-refractivity contribution >= 4 is 38.8 Å².